The molecule has 0 atom stereocenters. The Kier molecular flexibility index (Phi) is 32.4. The molecular weight excluding hydrogens is 116 g/mol. The first-order valence-corrected chi connectivity index (χ1v) is 1.59. The number of aliphatic hydroxyl groups excluding tert-OH is 1. The Hall–Kier alpha value is -0.880. The van der Waals surface area contributed by atoms with Crippen LogP contribution < -0.4 is 6.15 Å². The van der Waals surface area contributed by atoms with Gasteiger partial charge in [0.2, 0.25) is 0 Å². The lowest BCUT2D eigenvalue weighted by Gasteiger charge is -1.56. The van der Waals surface area contributed by atoms with Gasteiger partial charge in [0.15, 0.2) is 0 Å². The van der Waals surface area contributed by atoms with Crippen molar-refractivity contribution in [2.45, 2.75) is 6.92 Å². The average Bonchev–Trinajstić information content (AvgIpc) is 1.33. The van der Waals surface area contributed by atoms with Crippen LogP contribution in [-0.4, -0.2) is 22.0 Å². The van der Waals surface area contributed by atoms with Crippen molar-refractivity contribution in [1.82, 2.24) is 6.15 Å². The molecule has 0 aromatic carbocycles. The highest BCUT2D eigenvalue weighted by Gasteiger charge is 1.65. The largest absolute Gasteiger partial charge is 0.397 e. The third-order valence-corrected chi connectivity index (χ3v) is 0. The van der Waals surface area contributed by atoms with Gasteiger partial charge < -0.3 is 16.5 Å². The Morgan fingerprint density at radius 2 is 1.75 bits per heavy atom. The van der Waals surface area contributed by atoms with Crippen molar-refractivity contribution in [1.29, 1.82) is 0 Å². The Balaban J connectivity index is -0.0000000575. The molecule has 0 aliphatic carbocycles. The molecule has 8 heavy (non-hydrogen) atoms. The molecule has 0 saturated heterocycles. The molecule has 0 aliphatic heterocycles. The number of aliphatic hydroxyl groups is 1. The van der Waals surface area contributed by atoms with Crippen LogP contribution in [0.5, 0.6) is 0 Å². The van der Waals surface area contributed by atoms with Crippen molar-refractivity contribution in [2.24, 2.45) is 0 Å². The zero-order valence-electron chi connectivity index (χ0n) is 4.57. The third-order valence-electron chi connectivity index (χ3n) is 0. The van der Waals surface area contributed by atoms with Crippen molar-refractivity contribution < 1.29 is 15.4 Å². The highest BCUT2D eigenvalue weighted by Crippen LogP contribution is 1.38. The fraction of sp³-hybridized carbons (Fsp3) is 1.00. The van der Waals surface area contributed by atoms with Crippen LogP contribution in [0.4, 0.5) is 0 Å². The van der Waals surface area contributed by atoms with Crippen molar-refractivity contribution in [3.05, 3.63) is 10.1 Å². The van der Waals surface area contributed by atoms with Crippen LogP contribution >= 0.6 is 0 Å². The van der Waals surface area contributed by atoms with Gasteiger partial charge in [0.1, 0.15) is 0 Å². The molecule has 52 valence electrons. The molecule has 6 nitrogen and oxygen atoms in total. The number of hydrogen-bond donors (Lipinski definition) is 3. The third kappa shape index (κ3) is 112. The van der Waals surface area contributed by atoms with Gasteiger partial charge in [-0.15, -0.1) is 10.1 Å². The molecule has 0 unspecified atom stereocenters. The molecule has 0 amide bonds. The van der Waals surface area contributed by atoms with Crippen molar-refractivity contribution >= 4 is 0 Å². The maximum atomic E-state index is 8.36. The fourth-order valence-corrected chi connectivity index (χ4v) is 0. The SMILES string of the molecule is CCO.N.O=[N+]([O-])O. The molecule has 6 heteroatoms. The zero-order valence-corrected chi connectivity index (χ0v) is 4.57. The van der Waals surface area contributed by atoms with Crippen LogP contribution in [0.3, 0.4) is 0 Å². The summed E-state index contributed by atoms with van der Waals surface area (Å²) in [4.78, 5) is 8.36. The molecule has 0 aromatic heterocycles. The summed E-state index contributed by atoms with van der Waals surface area (Å²) in [6.07, 6.45) is 0. The van der Waals surface area contributed by atoms with Gasteiger partial charge in [-0.3, -0.25) is 0 Å². The second-order valence-electron chi connectivity index (χ2n) is 0.554. The predicted molar refractivity (Wildman–Crippen MR) is 26.6 cm³/mol. The minimum absolute atomic E-state index is 0. The summed E-state index contributed by atoms with van der Waals surface area (Å²) in [6, 6.07) is 0. The maximum absolute atomic E-state index is 8.36. The normalized spacial score (nSPS) is 5.25. The van der Waals surface area contributed by atoms with E-state index in [-0.39, 0.29) is 12.8 Å². The lowest BCUT2D eigenvalue weighted by Crippen LogP contribution is -1.81. The van der Waals surface area contributed by atoms with Gasteiger partial charge in [-0.05, 0) is 6.92 Å². The molecule has 0 spiro atoms. The second kappa shape index (κ2) is 16.5. The Morgan fingerprint density at radius 1 is 1.75 bits per heavy atom. The van der Waals surface area contributed by atoms with Gasteiger partial charge in [-0.25, -0.2) is 0 Å². The standard InChI is InChI=1S/C2H6O.HNO3.H3N/c1-2-3;2-1(3)4;/h3H,2H2,1H3;(H,2,3,4);1H3. The van der Waals surface area contributed by atoms with Crippen molar-refractivity contribution in [2.75, 3.05) is 6.61 Å². The van der Waals surface area contributed by atoms with Gasteiger partial charge >= 0.3 is 0 Å². The lowest BCUT2D eigenvalue weighted by atomic mass is 10.9. The first-order chi connectivity index (χ1) is 3.15. The van der Waals surface area contributed by atoms with E-state index in [2.05, 4.69) is 0 Å². The van der Waals surface area contributed by atoms with Gasteiger partial charge in [-0.1, -0.05) is 0 Å². The quantitative estimate of drug-likeness (QED) is 0.307. The molecule has 0 aromatic rings. The minimum atomic E-state index is -1.50. The molecule has 0 bridgehead atoms. The van der Waals surface area contributed by atoms with Gasteiger partial charge in [0, 0.05) is 6.61 Å². The van der Waals surface area contributed by atoms with Crippen LogP contribution in [0.2, 0.25) is 0 Å². The topological polar surface area (TPSA) is 119 Å². The van der Waals surface area contributed by atoms with E-state index in [1.807, 2.05) is 0 Å². The first-order valence-electron chi connectivity index (χ1n) is 1.59. The summed E-state index contributed by atoms with van der Waals surface area (Å²) >= 11 is 0. The number of hydrogen-bond acceptors (Lipinski definition) is 4. The van der Waals surface area contributed by atoms with Crippen LogP contribution in [0.25, 0.3) is 0 Å². The summed E-state index contributed by atoms with van der Waals surface area (Å²) in [7, 11) is 0. The summed E-state index contributed by atoms with van der Waals surface area (Å²) < 4.78 is 0. The van der Waals surface area contributed by atoms with Crippen LogP contribution in [0.1, 0.15) is 6.92 Å². The predicted octanol–water partition coefficient (Wildman–Crippen LogP) is -0.187. The van der Waals surface area contributed by atoms with Crippen molar-refractivity contribution in [3.63, 3.8) is 0 Å². The van der Waals surface area contributed by atoms with E-state index < -0.39 is 5.09 Å². The van der Waals surface area contributed by atoms with Crippen molar-refractivity contribution in [3.8, 4) is 0 Å². The van der Waals surface area contributed by atoms with Gasteiger partial charge in [-0.2, -0.15) is 0 Å². The molecule has 0 heterocycles. The zero-order chi connectivity index (χ0) is 6.28. The molecule has 0 radical (unpaired) electrons. The van der Waals surface area contributed by atoms with E-state index >= 15 is 0 Å². The van der Waals surface area contributed by atoms with Crippen LogP contribution in [-0.2, 0) is 0 Å². The molecular formula is C2H10N2O4. The van der Waals surface area contributed by atoms with E-state index in [0.29, 0.717) is 0 Å². The molecule has 0 aliphatic rings. The van der Waals surface area contributed by atoms with Gasteiger partial charge in [0.05, 0.1) is 0 Å². The van der Waals surface area contributed by atoms with E-state index in [0.717, 1.165) is 0 Å². The summed E-state index contributed by atoms with van der Waals surface area (Å²) in [5.74, 6) is 0. The molecule has 0 saturated carbocycles. The van der Waals surface area contributed by atoms with E-state index in [4.69, 9.17) is 20.4 Å². The Labute approximate surface area is 46.4 Å². The maximum Gasteiger partial charge on any atom is 0.291 e. The summed E-state index contributed by atoms with van der Waals surface area (Å²) in [5.41, 5.74) is 0. The lowest BCUT2D eigenvalue weighted by molar-refractivity contribution is -0.742. The van der Waals surface area contributed by atoms with Crippen LogP contribution in [0, 0.1) is 10.1 Å². The monoisotopic (exact) mass is 126 g/mol. The average molecular weight is 126 g/mol. The smallest absolute Gasteiger partial charge is 0.291 e. The fourth-order valence-electron chi connectivity index (χ4n) is 0. The summed E-state index contributed by atoms with van der Waals surface area (Å²) in [5, 5.41) is 21.2. The highest BCUT2D eigenvalue weighted by atomic mass is 16.9. The van der Waals surface area contributed by atoms with E-state index in [1.54, 1.807) is 6.92 Å². The highest BCUT2D eigenvalue weighted by molar-refractivity contribution is 3.84. The minimum Gasteiger partial charge on any atom is -0.397 e. The van der Waals surface area contributed by atoms with E-state index in [9.17, 15) is 0 Å². The molecule has 0 fully saturated rings. The number of nitrogens with zero attached hydrogens (tertiary/aromatic N) is 1. The first kappa shape index (κ1) is 15.7. The second-order valence-corrected chi connectivity index (χ2v) is 0.554. The van der Waals surface area contributed by atoms with Gasteiger partial charge in [0.25, 0.3) is 5.09 Å². The number of rotatable bonds is 0. The molecule has 0 rings (SSSR count). The van der Waals surface area contributed by atoms with E-state index in [1.165, 1.54) is 0 Å². The molecule has 5 N–H and O–H groups in total. The summed E-state index contributed by atoms with van der Waals surface area (Å²) in [6.45, 7) is 1.93. The Bertz CT molecular complexity index is 43.3. The van der Waals surface area contributed by atoms with Crippen LogP contribution in [0.15, 0.2) is 0 Å². The Morgan fingerprint density at radius 3 is 1.75 bits per heavy atom.